The molecule has 0 aromatic heterocycles. The minimum Gasteiger partial charge on any atom is -0.354 e. The molecule has 0 spiro atoms. The smallest absolute Gasteiger partial charge is 0.236 e. The fraction of sp³-hybridized carbons (Fsp3) is 0.533. The molecule has 1 aromatic carbocycles. The minimum absolute atomic E-state index is 0. The van der Waals surface area contributed by atoms with Crippen molar-refractivity contribution in [3.63, 3.8) is 0 Å². The van der Waals surface area contributed by atoms with Crippen molar-refractivity contribution in [3.8, 4) is 0 Å². The van der Waals surface area contributed by atoms with Gasteiger partial charge in [-0.3, -0.25) is 4.79 Å². The Kier molecular flexibility index (Phi) is 7.76. The maximum atomic E-state index is 13.2. The van der Waals surface area contributed by atoms with E-state index in [1.165, 1.54) is 12.1 Å². The molecule has 20 heavy (non-hydrogen) atoms. The number of carbonyl (C=O) groups is 1. The van der Waals surface area contributed by atoms with Crippen LogP contribution >= 0.6 is 12.4 Å². The van der Waals surface area contributed by atoms with E-state index in [2.05, 4.69) is 5.32 Å². The normalized spacial score (nSPS) is 12.4. The number of halogens is 2. The number of carbonyl (C=O) groups excluding carboxylic acids is 1. The lowest BCUT2D eigenvalue weighted by atomic mass is 9.84. The highest BCUT2D eigenvalue weighted by atomic mass is 35.5. The third-order valence-corrected chi connectivity index (χ3v) is 3.25. The summed E-state index contributed by atoms with van der Waals surface area (Å²) in [6.45, 7) is 6.36. The topological polar surface area (TPSA) is 55.1 Å². The molecule has 0 radical (unpaired) electrons. The first-order valence-electron chi connectivity index (χ1n) is 6.66. The number of nitrogens with two attached hydrogens (primary N) is 1. The van der Waals surface area contributed by atoms with Gasteiger partial charge in [-0.2, -0.15) is 0 Å². The Hall–Kier alpha value is -1.13. The highest BCUT2D eigenvalue weighted by molar-refractivity contribution is 5.85. The first-order chi connectivity index (χ1) is 8.86. The number of hydrogen-bond donors (Lipinski definition) is 2. The molecule has 1 amide bonds. The molecule has 3 N–H and O–H groups in total. The van der Waals surface area contributed by atoms with Gasteiger partial charge in [0, 0.05) is 12.0 Å². The Morgan fingerprint density at radius 3 is 2.65 bits per heavy atom. The fourth-order valence-corrected chi connectivity index (χ4v) is 1.89. The van der Waals surface area contributed by atoms with Gasteiger partial charge in [0.1, 0.15) is 5.82 Å². The summed E-state index contributed by atoms with van der Waals surface area (Å²) < 4.78 is 13.2. The van der Waals surface area contributed by atoms with Crippen molar-refractivity contribution in [3.05, 3.63) is 35.6 Å². The van der Waals surface area contributed by atoms with Crippen LogP contribution in [-0.2, 0) is 10.2 Å². The monoisotopic (exact) mass is 302 g/mol. The first-order valence-corrected chi connectivity index (χ1v) is 6.66. The predicted molar refractivity (Wildman–Crippen MR) is 82.6 cm³/mol. The molecule has 1 unspecified atom stereocenters. The highest BCUT2D eigenvalue weighted by Crippen LogP contribution is 2.22. The molecule has 0 aliphatic carbocycles. The Morgan fingerprint density at radius 1 is 1.45 bits per heavy atom. The van der Waals surface area contributed by atoms with Crippen molar-refractivity contribution in [2.75, 3.05) is 6.54 Å². The molecule has 0 fully saturated rings. The SMILES string of the molecule is CCCC(N)C(=O)NCC(C)(C)c1cccc(F)c1.Cl. The van der Waals surface area contributed by atoms with E-state index in [4.69, 9.17) is 5.73 Å². The standard InChI is InChI=1S/C15H23FN2O.ClH/c1-4-6-13(17)14(19)18-10-15(2,3)11-7-5-8-12(16)9-11;/h5,7-9,13H,4,6,10,17H2,1-3H3,(H,18,19);1H. The van der Waals surface area contributed by atoms with Crippen LogP contribution in [0.5, 0.6) is 0 Å². The van der Waals surface area contributed by atoms with Gasteiger partial charge < -0.3 is 11.1 Å². The van der Waals surface area contributed by atoms with Crippen LogP contribution in [0.25, 0.3) is 0 Å². The summed E-state index contributed by atoms with van der Waals surface area (Å²) in [6.07, 6.45) is 1.55. The number of amides is 1. The van der Waals surface area contributed by atoms with Gasteiger partial charge in [0.15, 0.2) is 0 Å². The predicted octanol–water partition coefficient (Wildman–Crippen LogP) is 2.77. The van der Waals surface area contributed by atoms with Crippen molar-refractivity contribution < 1.29 is 9.18 Å². The van der Waals surface area contributed by atoms with Gasteiger partial charge >= 0.3 is 0 Å². The van der Waals surface area contributed by atoms with E-state index >= 15 is 0 Å². The molecule has 0 aliphatic heterocycles. The molecule has 0 bridgehead atoms. The molecule has 1 rings (SSSR count). The molecule has 1 atom stereocenters. The molecule has 114 valence electrons. The van der Waals surface area contributed by atoms with Crippen molar-refractivity contribution >= 4 is 18.3 Å². The zero-order chi connectivity index (χ0) is 14.5. The van der Waals surface area contributed by atoms with E-state index in [1.54, 1.807) is 6.07 Å². The molecular formula is C15H24ClFN2O. The van der Waals surface area contributed by atoms with Gasteiger partial charge in [-0.1, -0.05) is 39.3 Å². The summed E-state index contributed by atoms with van der Waals surface area (Å²) in [5.74, 6) is -0.411. The summed E-state index contributed by atoms with van der Waals surface area (Å²) in [5, 5.41) is 2.84. The van der Waals surface area contributed by atoms with Crippen molar-refractivity contribution in [2.45, 2.75) is 45.1 Å². The second kappa shape index (κ2) is 8.22. The van der Waals surface area contributed by atoms with Gasteiger partial charge in [-0.15, -0.1) is 12.4 Å². The van der Waals surface area contributed by atoms with Gasteiger partial charge in [0.25, 0.3) is 0 Å². The lowest BCUT2D eigenvalue weighted by Crippen LogP contribution is -2.45. The van der Waals surface area contributed by atoms with E-state index < -0.39 is 6.04 Å². The average Bonchev–Trinajstić information content (AvgIpc) is 2.36. The van der Waals surface area contributed by atoms with Gasteiger partial charge in [-0.05, 0) is 24.1 Å². The molecule has 5 heteroatoms. The van der Waals surface area contributed by atoms with Gasteiger partial charge in [0.05, 0.1) is 6.04 Å². The summed E-state index contributed by atoms with van der Waals surface area (Å²) in [5.41, 5.74) is 6.28. The van der Waals surface area contributed by atoms with Gasteiger partial charge in [-0.25, -0.2) is 4.39 Å². The van der Waals surface area contributed by atoms with Crippen LogP contribution in [0.2, 0.25) is 0 Å². The lowest BCUT2D eigenvalue weighted by molar-refractivity contribution is -0.122. The maximum absolute atomic E-state index is 13.2. The number of rotatable bonds is 6. The minimum atomic E-state index is -0.465. The third-order valence-electron chi connectivity index (χ3n) is 3.25. The van der Waals surface area contributed by atoms with Crippen LogP contribution in [0, 0.1) is 5.82 Å². The van der Waals surface area contributed by atoms with Gasteiger partial charge in [0.2, 0.25) is 5.91 Å². The quantitative estimate of drug-likeness (QED) is 0.849. The zero-order valence-electron chi connectivity index (χ0n) is 12.3. The summed E-state index contributed by atoms with van der Waals surface area (Å²) in [7, 11) is 0. The fourth-order valence-electron chi connectivity index (χ4n) is 1.89. The van der Waals surface area contributed by atoms with Crippen LogP contribution in [0.4, 0.5) is 4.39 Å². The summed E-state index contributed by atoms with van der Waals surface area (Å²) in [6, 6.07) is 5.99. The van der Waals surface area contributed by atoms with Crippen LogP contribution in [0.15, 0.2) is 24.3 Å². The lowest BCUT2D eigenvalue weighted by Gasteiger charge is -2.26. The van der Waals surface area contributed by atoms with Crippen LogP contribution in [0.3, 0.4) is 0 Å². The van der Waals surface area contributed by atoms with Crippen molar-refractivity contribution in [2.24, 2.45) is 5.73 Å². The van der Waals surface area contributed by atoms with E-state index in [0.717, 1.165) is 12.0 Å². The number of nitrogens with one attached hydrogen (secondary N) is 1. The van der Waals surface area contributed by atoms with E-state index in [0.29, 0.717) is 13.0 Å². The Balaban J connectivity index is 0.00000361. The second-order valence-electron chi connectivity index (χ2n) is 5.51. The zero-order valence-corrected chi connectivity index (χ0v) is 13.1. The molecule has 3 nitrogen and oxygen atoms in total. The maximum Gasteiger partial charge on any atom is 0.236 e. The average molecular weight is 303 g/mol. The highest BCUT2D eigenvalue weighted by Gasteiger charge is 2.23. The molecule has 1 aromatic rings. The van der Waals surface area contributed by atoms with E-state index in [-0.39, 0.29) is 29.5 Å². The number of hydrogen-bond acceptors (Lipinski definition) is 2. The summed E-state index contributed by atoms with van der Waals surface area (Å²) in [4.78, 5) is 11.8. The van der Waals surface area contributed by atoms with E-state index in [9.17, 15) is 9.18 Å². The van der Waals surface area contributed by atoms with Crippen LogP contribution in [-0.4, -0.2) is 18.5 Å². The van der Waals surface area contributed by atoms with Crippen molar-refractivity contribution in [1.82, 2.24) is 5.32 Å². The van der Waals surface area contributed by atoms with Crippen LogP contribution < -0.4 is 11.1 Å². The number of benzene rings is 1. The molecule has 0 heterocycles. The Morgan fingerprint density at radius 2 is 2.10 bits per heavy atom. The molecule has 0 saturated heterocycles. The largest absolute Gasteiger partial charge is 0.354 e. The Bertz CT molecular complexity index is 438. The van der Waals surface area contributed by atoms with E-state index in [1.807, 2.05) is 26.8 Å². The first kappa shape index (κ1) is 18.9. The van der Waals surface area contributed by atoms with Crippen molar-refractivity contribution in [1.29, 1.82) is 0 Å². The summed E-state index contributed by atoms with van der Waals surface area (Å²) >= 11 is 0. The second-order valence-corrected chi connectivity index (χ2v) is 5.51. The Labute approximate surface area is 126 Å². The molecule has 0 saturated carbocycles. The molecular weight excluding hydrogens is 279 g/mol. The molecule has 0 aliphatic rings. The third kappa shape index (κ3) is 5.47. The van der Waals surface area contributed by atoms with Crippen LogP contribution in [0.1, 0.15) is 39.2 Å².